The highest BCUT2D eigenvalue weighted by Crippen LogP contribution is 2.40. The summed E-state index contributed by atoms with van der Waals surface area (Å²) in [4.78, 5) is 12.1. The van der Waals surface area contributed by atoms with Gasteiger partial charge in [0.2, 0.25) is 5.91 Å². The van der Waals surface area contributed by atoms with Gasteiger partial charge in [-0.15, -0.1) is 0 Å². The third kappa shape index (κ3) is 3.23. The maximum absolute atomic E-state index is 12.1. The molecule has 2 N–H and O–H groups in total. The molecule has 4 heteroatoms. The highest BCUT2D eigenvalue weighted by Gasteiger charge is 2.37. The summed E-state index contributed by atoms with van der Waals surface area (Å²) in [6, 6.07) is 0. The number of aliphatic hydroxyl groups excluding tert-OH is 1. The number of carbonyl (C=O) groups excluding carboxylic acids is 1. The molecule has 2 rings (SSSR count). The molecule has 4 nitrogen and oxygen atoms in total. The van der Waals surface area contributed by atoms with E-state index in [1.54, 1.807) is 7.11 Å². The van der Waals surface area contributed by atoms with Crippen molar-refractivity contribution < 1.29 is 14.6 Å². The Kier molecular flexibility index (Phi) is 4.62. The monoisotopic (exact) mass is 255 g/mol. The summed E-state index contributed by atoms with van der Waals surface area (Å²) in [5.74, 6) is 0.275. The van der Waals surface area contributed by atoms with Crippen LogP contribution in [0.2, 0.25) is 0 Å². The van der Waals surface area contributed by atoms with Gasteiger partial charge in [0.25, 0.3) is 0 Å². The number of rotatable bonds is 5. The van der Waals surface area contributed by atoms with E-state index in [0.29, 0.717) is 0 Å². The average molecular weight is 255 g/mol. The van der Waals surface area contributed by atoms with Gasteiger partial charge in [-0.2, -0.15) is 0 Å². The molecule has 1 amide bonds. The lowest BCUT2D eigenvalue weighted by molar-refractivity contribution is -0.127. The Morgan fingerprint density at radius 2 is 2.00 bits per heavy atom. The number of carbonyl (C=O) groups is 1. The summed E-state index contributed by atoms with van der Waals surface area (Å²) in [6.07, 6.45) is 6.54. The van der Waals surface area contributed by atoms with Crippen LogP contribution < -0.4 is 5.32 Å². The summed E-state index contributed by atoms with van der Waals surface area (Å²) in [7, 11) is 1.73. The van der Waals surface area contributed by atoms with Crippen molar-refractivity contribution in [3.8, 4) is 0 Å². The van der Waals surface area contributed by atoms with Crippen LogP contribution >= 0.6 is 0 Å². The summed E-state index contributed by atoms with van der Waals surface area (Å²) in [5.41, 5.74) is 0.193. The van der Waals surface area contributed by atoms with E-state index in [1.807, 2.05) is 0 Å². The zero-order chi connectivity index (χ0) is 13.0. The van der Waals surface area contributed by atoms with Gasteiger partial charge in [0.1, 0.15) is 0 Å². The molecular weight excluding hydrogens is 230 g/mol. The minimum absolute atomic E-state index is 0.105. The molecular formula is C14H25NO3. The lowest BCUT2D eigenvalue weighted by Gasteiger charge is -2.41. The van der Waals surface area contributed by atoms with Gasteiger partial charge in [0.15, 0.2) is 0 Å². The van der Waals surface area contributed by atoms with Gasteiger partial charge in [0.05, 0.1) is 12.7 Å². The highest BCUT2D eigenvalue weighted by molar-refractivity contribution is 5.78. The third-order valence-electron chi connectivity index (χ3n) is 4.57. The van der Waals surface area contributed by atoms with Crippen molar-refractivity contribution in [1.82, 2.24) is 5.32 Å². The first kappa shape index (κ1) is 13.8. The Morgan fingerprint density at radius 3 is 2.50 bits per heavy atom. The molecule has 2 aliphatic carbocycles. The predicted molar refractivity (Wildman–Crippen MR) is 69.1 cm³/mol. The molecule has 0 bridgehead atoms. The first-order chi connectivity index (χ1) is 8.65. The van der Waals surface area contributed by atoms with Crippen LogP contribution in [0.5, 0.6) is 0 Å². The van der Waals surface area contributed by atoms with E-state index in [2.05, 4.69) is 5.32 Å². The van der Waals surface area contributed by atoms with Crippen LogP contribution in [0.25, 0.3) is 0 Å². The minimum atomic E-state index is -0.194. The number of hydrogen-bond acceptors (Lipinski definition) is 3. The fraction of sp³-hybridized carbons (Fsp3) is 0.929. The molecule has 0 aromatic rings. The molecule has 2 aliphatic rings. The molecule has 0 aliphatic heterocycles. The Morgan fingerprint density at radius 1 is 1.33 bits per heavy atom. The molecule has 0 unspecified atom stereocenters. The van der Waals surface area contributed by atoms with Crippen molar-refractivity contribution in [2.75, 3.05) is 20.3 Å². The van der Waals surface area contributed by atoms with E-state index in [1.165, 1.54) is 6.42 Å². The van der Waals surface area contributed by atoms with Crippen LogP contribution in [-0.2, 0) is 9.53 Å². The number of aliphatic hydroxyl groups is 1. The van der Waals surface area contributed by atoms with Crippen LogP contribution in [0, 0.1) is 11.3 Å². The third-order valence-corrected chi connectivity index (χ3v) is 4.57. The van der Waals surface area contributed by atoms with Crippen molar-refractivity contribution in [2.24, 2.45) is 11.3 Å². The van der Waals surface area contributed by atoms with E-state index in [0.717, 1.165) is 51.7 Å². The van der Waals surface area contributed by atoms with E-state index in [9.17, 15) is 9.90 Å². The molecule has 18 heavy (non-hydrogen) atoms. The molecule has 0 atom stereocenters. The quantitative estimate of drug-likeness (QED) is 0.782. The van der Waals surface area contributed by atoms with Gasteiger partial charge < -0.3 is 15.2 Å². The van der Waals surface area contributed by atoms with E-state index < -0.39 is 0 Å². The summed E-state index contributed by atoms with van der Waals surface area (Å²) >= 11 is 0. The number of ether oxygens (including phenoxy) is 1. The lowest BCUT2D eigenvalue weighted by Crippen LogP contribution is -2.46. The molecule has 0 heterocycles. The molecule has 2 fully saturated rings. The molecule has 0 aromatic carbocycles. The molecule has 0 spiro atoms. The fourth-order valence-corrected chi connectivity index (χ4v) is 3.11. The summed E-state index contributed by atoms with van der Waals surface area (Å²) < 4.78 is 5.26. The molecule has 0 aromatic heterocycles. The van der Waals surface area contributed by atoms with E-state index >= 15 is 0 Å². The zero-order valence-corrected chi connectivity index (χ0v) is 11.3. The Hall–Kier alpha value is -0.610. The normalized spacial score (nSPS) is 30.6. The summed E-state index contributed by atoms with van der Waals surface area (Å²) in [5, 5.41) is 12.5. The van der Waals surface area contributed by atoms with Crippen molar-refractivity contribution in [2.45, 2.75) is 51.0 Å². The minimum Gasteiger partial charge on any atom is -0.393 e. The molecule has 2 saturated carbocycles. The fourth-order valence-electron chi connectivity index (χ4n) is 3.11. The SMILES string of the molecule is COCC1(CNC(=O)C2CCC(O)CC2)CCC1. The second-order valence-electron chi connectivity index (χ2n) is 6.01. The summed E-state index contributed by atoms with van der Waals surface area (Å²) in [6.45, 7) is 1.50. The van der Waals surface area contributed by atoms with Crippen LogP contribution in [0.3, 0.4) is 0 Å². The van der Waals surface area contributed by atoms with Crippen LogP contribution in [0.15, 0.2) is 0 Å². The number of amides is 1. The molecule has 0 radical (unpaired) electrons. The van der Waals surface area contributed by atoms with Crippen LogP contribution in [0.1, 0.15) is 44.9 Å². The van der Waals surface area contributed by atoms with Gasteiger partial charge in [-0.25, -0.2) is 0 Å². The Bertz CT molecular complexity index is 281. The number of nitrogens with one attached hydrogen (secondary N) is 1. The number of methoxy groups -OCH3 is 1. The predicted octanol–water partition coefficient (Wildman–Crippen LogP) is 1.47. The van der Waals surface area contributed by atoms with E-state index in [-0.39, 0.29) is 23.3 Å². The van der Waals surface area contributed by atoms with Gasteiger partial charge in [0, 0.05) is 25.0 Å². The van der Waals surface area contributed by atoms with Gasteiger partial charge in [-0.3, -0.25) is 4.79 Å². The lowest BCUT2D eigenvalue weighted by atomic mass is 9.69. The second-order valence-corrected chi connectivity index (χ2v) is 6.01. The maximum Gasteiger partial charge on any atom is 0.223 e. The molecule has 0 saturated heterocycles. The van der Waals surface area contributed by atoms with Crippen molar-refractivity contribution in [3.63, 3.8) is 0 Å². The smallest absolute Gasteiger partial charge is 0.223 e. The van der Waals surface area contributed by atoms with Crippen molar-refractivity contribution in [1.29, 1.82) is 0 Å². The second kappa shape index (κ2) is 6.02. The highest BCUT2D eigenvalue weighted by atomic mass is 16.5. The molecule has 104 valence electrons. The van der Waals surface area contributed by atoms with E-state index in [4.69, 9.17) is 4.74 Å². The first-order valence-corrected chi connectivity index (χ1v) is 7.10. The Balaban J connectivity index is 1.74. The van der Waals surface area contributed by atoms with Crippen LogP contribution in [0.4, 0.5) is 0 Å². The Labute approximate surface area is 109 Å². The van der Waals surface area contributed by atoms with Gasteiger partial charge >= 0.3 is 0 Å². The zero-order valence-electron chi connectivity index (χ0n) is 11.3. The standard InChI is InChI=1S/C14H25NO3/c1-18-10-14(7-2-8-14)9-15-13(17)11-3-5-12(16)6-4-11/h11-12,16H,2-10H2,1H3,(H,15,17). The maximum atomic E-state index is 12.1. The number of hydrogen-bond donors (Lipinski definition) is 2. The van der Waals surface area contributed by atoms with Crippen molar-refractivity contribution >= 4 is 5.91 Å². The largest absolute Gasteiger partial charge is 0.393 e. The topological polar surface area (TPSA) is 58.6 Å². The average Bonchev–Trinajstić information content (AvgIpc) is 2.33. The van der Waals surface area contributed by atoms with Gasteiger partial charge in [-0.1, -0.05) is 6.42 Å². The van der Waals surface area contributed by atoms with Gasteiger partial charge in [-0.05, 0) is 38.5 Å². The van der Waals surface area contributed by atoms with Crippen LogP contribution in [-0.4, -0.2) is 37.4 Å². The first-order valence-electron chi connectivity index (χ1n) is 7.10. The van der Waals surface area contributed by atoms with Crippen molar-refractivity contribution in [3.05, 3.63) is 0 Å².